The van der Waals surface area contributed by atoms with Crippen molar-refractivity contribution >= 4 is 23.2 Å². The quantitative estimate of drug-likeness (QED) is 0.736. The summed E-state index contributed by atoms with van der Waals surface area (Å²) in [7, 11) is 0. The van der Waals surface area contributed by atoms with Crippen LogP contribution in [-0.2, 0) is 4.74 Å². The van der Waals surface area contributed by atoms with E-state index in [4.69, 9.17) is 27.9 Å². The molecule has 15 heavy (non-hydrogen) atoms. The standard InChI is InChI=1S/C11H21Cl2NO/c1-2-11(8-12,9-13)14-7-10-5-3-4-6-15-10/h10,14H,2-9H2,1H3. The van der Waals surface area contributed by atoms with Crippen molar-refractivity contribution in [1.82, 2.24) is 5.32 Å². The molecular weight excluding hydrogens is 233 g/mol. The third kappa shape index (κ3) is 4.10. The number of rotatable bonds is 6. The summed E-state index contributed by atoms with van der Waals surface area (Å²) >= 11 is 11.9. The summed E-state index contributed by atoms with van der Waals surface area (Å²) in [6, 6.07) is 0. The van der Waals surface area contributed by atoms with Gasteiger partial charge in [0.1, 0.15) is 0 Å². The molecule has 0 aromatic rings. The molecule has 0 aromatic heterocycles. The van der Waals surface area contributed by atoms with E-state index in [1.165, 1.54) is 12.8 Å². The molecule has 2 nitrogen and oxygen atoms in total. The van der Waals surface area contributed by atoms with Crippen molar-refractivity contribution in [1.29, 1.82) is 0 Å². The SMILES string of the molecule is CCC(CCl)(CCl)NCC1CCCCO1. The number of hydrogen-bond donors (Lipinski definition) is 1. The molecule has 0 aliphatic carbocycles. The minimum atomic E-state index is -0.121. The predicted molar refractivity (Wildman–Crippen MR) is 66.1 cm³/mol. The summed E-state index contributed by atoms with van der Waals surface area (Å²) in [4.78, 5) is 0. The van der Waals surface area contributed by atoms with Gasteiger partial charge in [0.15, 0.2) is 0 Å². The van der Waals surface area contributed by atoms with Crippen molar-refractivity contribution in [3.8, 4) is 0 Å². The Labute approximate surface area is 103 Å². The molecule has 0 bridgehead atoms. The normalized spacial score (nSPS) is 23.0. The maximum absolute atomic E-state index is 5.95. The van der Waals surface area contributed by atoms with E-state index in [0.717, 1.165) is 26.0 Å². The van der Waals surface area contributed by atoms with E-state index in [9.17, 15) is 0 Å². The summed E-state index contributed by atoms with van der Waals surface area (Å²) < 4.78 is 5.66. The van der Waals surface area contributed by atoms with Crippen LogP contribution in [0.2, 0.25) is 0 Å². The highest BCUT2D eigenvalue weighted by molar-refractivity contribution is 6.22. The minimum Gasteiger partial charge on any atom is -0.377 e. The van der Waals surface area contributed by atoms with Crippen LogP contribution in [0.1, 0.15) is 32.6 Å². The van der Waals surface area contributed by atoms with Crippen LogP contribution in [0.25, 0.3) is 0 Å². The van der Waals surface area contributed by atoms with E-state index < -0.39 is 0 Å². The molecule has 4 heteroatoms. The van der Waals surface area contributed by atoms with Crippen LogP contribution in [-0.4, -0.2) is 36.6 Å². The summed E-state index contributed by atoms with van der Waals surface area (Å²) in [5, 5.41) is 3.46. The second-order valence-corrected chi connectivity index (χ2v) is 4.81. The Kier molecular flexibility index (Phi) is 6.28. The van der Waals surface area contributed by atoms with Crippen molar-refractivity contribution in [2.75, 3.05) is 24.9 Å². The Morgan fingerprint density at radius 1 is 1.33 bits per heavy atom. The van der Waals surface area contributed by atoms with Gasteiger partial charge in [-0.25, -0.2) is 0 Å². The third-order valence-electron chi connectivity index (χ3n) is 3.17. The molecule has 0 aromatic carbocycles. The van der Waals surface area contributed by atoms with Crippen LogP contribution in [0.5, 0.6) is 0 Å². The fourth-order valence-electron chi connectivity index (χ4n) is 1.74. The smallest absolute Gasteiger partial charge is 0.0699 e. The van der Waals surface area contributed by atoms with Crippen LogP contribution in [0.3, 0.4) is 0 Å². The molecule has 1 aliphatic heterocycles. The van der Waals surface area contributed by atoms with Gasteiger partial charge in [0, 0.05) is 30.5 Å². The Morgan fingerprint density at radius 2 is 2.07 bits per heavy atom. The third-order valence-corrected chi connectivity index (χ3v) is 4.19. The predicted octanol–water partition coefficient (Wildman–Crippen LogP) is 2.77. The second kappa shape index (κ2) is 6.95. The molecule has 1 saturated heterocycles. The summed E-state index contributed by atoms with van der Waals surface area (Å²) in [6.07, 6.45) is 4.91. The van der Waals surface area contributed by atoms with Crippen molar-refractivity contribution in [2.45, 2.75) is 44.2 Å². The van der Waals surface area contributed by atoms with Gasteiger partial charge < -0.3 is 10.1 Å². The summed E-state index contributed by atoms with van der Waals surface area (Å²) in [6.45, 7) is 3.87. The molecule has 0 spiro atoms. The molecule has 1 aliphatic rings. The Balaban J connectivity index is 2.31. The van der Waals surface area contributed by atoms with E-state index in [-0.39, 0.29) is 5.54 Å². The Bertz CT molecular complexity index is 160. The van der Waals surface area contributed by atoms with Gasteiger partial charge in [0.25, 0.3) is 0 Å². The summed E-state index contributed by atoms with van der Waals surface area (Å²) in [5.41, 5.74) is -0.121. The van der Waals surface area contributed by atoms with Crippen LogP contribution in [0, 0.1) is 0 Å². The molecule has 90 valence electrons. The van der Waals surface area contributed by atoms with Crippen LogP contribution < -0.4 is 5.32 Å². The first-order valence-corrected chi connectivity index (χ1v) is 6.82. The molecular formula is C11H21Cl2NO. The molecule has 0 radical (unpaired) electrons. The monoisotopic (exact) mass is 253 g/mol. The molecule has 1 rings (SSSR count). The maximum Gasteiger partial charge on any atom is 0.0699 e. The van der Waals surface area contributed by atoms with E-state index in [2.05, 4.69) is 12.2 Å². The van der Waals surface area contributed by atoms with Crippen molar-refractivity contribution in [3.63, 3.8) is 0 Å². The molecule has 1 fully saturated rings. The zero-order chi connectivity index (χ0) is 11.1. The highest BCUT2D eigenvalue weighted by Gasteiger charge is 2.27. The molecule has 1 N–H and O–H groups in total. The van der Waals surface area contributed by atoms with Crippen molar-refractivity contribution in [3.05, 3.63) is 0 Å². The van der Waals surface area contributed by atoms with E-state index in [1.807, 2.05) is 0 Å². The topological polar surface area (TPSA) is 21.3 Å². The van der Waals surface area contributed by atoms with Crippen LogP contribution >= 0.6 is 23.2 Å². The number of nitrogens with one attached hydrogen (secondary N) is 1. The van der Waals surface area contributed by atoms with E-state index in [0.29, 0.717) is 17.9 Å². The fraction of sp³-hybridized carbons (Fsp3) is 1.00. The first-order valence-electron chi connectivity index (χ1n) is 5.75. The van der Waals surface area contributed by atoms with Crippen LogP contribution in [0.15, 0.2) is 0 Å². The lowest BCUT2D eigenvalue weighted by Gasteiger charge is -2.33. The first-order chi connectivity index (χ1) is 7.26. The average molecular weight is 254 g/mol. The Morgan fingerprint density at radius 3 is 2.53 bits per heavy atom. The van der Waals surface area contributed by atoms with E-state index in [1.54, 1.807) is 0 Å². The number of ether oxygens (including phenoxy) is 1. The molecule has 1 heterocycles. The minimum absolute atomic E-state index is 0.121. The maximum atomic E-state index is 5.95. The largest absolute Gasteiger partial charge is 0.377 e. The zero-order valence-electron chi connectivity index (χ0n) is 9.40. The van der Waals surface area contributed by atoms with Gasteiger partial charge in [0.2, 0.25) is 0 Å². The molecule has 0 amide bonds. The lowest BCUT2D eigenvalue weighted by atomic mass is 10.0. The molecule has 0 saturated carbocycles. The fourth-order valence-corrected chi connectivity index (χ4v) is 2.60. The van der Waals surface area contributed by atoms with Gasteiger partial charge in [-0.2, -0.15) is 0 Å². The summed E-state index contributed by atoms with van der Waals surface area (Å²) in [5.74, 6) is 1.11. The van der Waals surface area contributed by atoms with Crippen molar-refractivity contribution < 1.29 is 4.74 Å². The van der Waals surface area contributed by atoms with E-state index >= 15 is 0 Å². The van der Waals surface area contributed by atoms with Gasteiger partial charge in [-0.3, -0.25) is 0 Å². The van der Waals surface area contributed by atoms with Gasteiger partial charge >= 0.3 is 0 Å². The van der Waals surface area contributed by atoms with Crippen LogP contribution in [0.4, 0.5) is 0 Å². The number of hydrogen-bond acceptors (Lipinski definition) is 2. The number of alkyl halides is 2. The number of halogens is 2. The Hall–Kier alpha value is 0.500. The van der Waals surface area contributed by atoms with Gasteiger partial charge in [0.05, 0.1) is 6.10 Å². The average Bonchev–Trinajstić information content (AvgIpc) is 2.33. The van der Waals surface area contributed by atoms with Gasteiger partial charge in [-0.05, 0) is 25.7 Å². The highest BCUT2D eigenvalue weighted by Crippen LogP contribution is 2.17. The zero-order valence-corrected chi connectivity index (χ0v) is 10.9. The van der Waals surface area contributed by atoms with Gasteiger partial charge in [-0.15, -0.1) is 23.2 Å². The molecule has 1 atom stereocenters. The lowest BCUT2D eigenvalue weighted by molar-refractivity contribution is 0.0131. The first kappa shape index (κ1) is 13.6. The molecule has 1 unspecified atom stereocenters. The van der Waals surface area contributed by atoms with Gasteiger partial charge in [-0.1, -0.05) is 6.92 Å². The second-order valence-electron chi connectivity index (χ2n) is 4.27. The highest BCUT2D eigenvalue weighted by atomic mass is 35.5. The lowest BCUT2D eigenvalue weighted by Crippen LogP contribution is -2.51. The van der Waals surface area contributed by atoms with Crippen molar-refractivity contribution in [2.24, 2.45) is 0 Å².